The van der Waals surface area contributed by atoms with E-state index in [0.717, 1.165) is 10.0 Å². The molecule has 0 radical (unpaired) electrons. The zero-order valence-corrected chi connectivity index (χ0v) is 22.4. The molecule has 4 rings (SSSR count). The van der Waals surface area contributed by atoms with E-state index in [9.17, 15) is 9.59 Å². The third kappa shape index (κ3) is 8.15. The van der Waals surface area contributed by atoms with Crippen molar-refractivity contribution in [2.24, 2.45) is 0 Å². The number of pyridine rings is 1. The molecule has 0 N–H and O–H groups in total. The summed E-state index contributed by atoms with van der Waals surface area (Å²) in [5.41, 5.74) is 3.08. The predicted octanol–water partition coefficient (Wildman–Crippen LogP) is 7.47. The van der Waals surface area contributed by atoms with Crippen LogP contribution in [0.25, 0.3) is 6.08 Å². The number of carbonyl (C=O) groups excluding carboxylic acids is 2. The Labute approximate surface area is 230 Å². The standard InChI is InChI=1S/C31H26BrNO5/c1-22-3-5-23(6-4-22)7-16-29(34)24-8-12-27(13-9-24)36-19-2-20-37-31(35)25-17-18-33-30(21-25)38-28-14-10-26(32)11-15-28/h3-18,21H,2,19-20H2,1H3/b16-7+. The van der Waals surface area contributed by atoms with Gasteiger partial charge in [0.1, 0.15) is 11.5 Å². The number of esters is 1. The average molecular weight is 572 g/mol. The Kier molecular flexibility index (Phi) is 9.43. The average Bonchev–Trinajstić information content (AvgIpc) is 2.94. The second-order valence-electron chi connectivity index (χ2n) is 8.41. The number of hydrogen-bond acceptors (Lipinski definition) is 6. The van der Waals surface area contributed by atoms with E-state index in [4.69, 9.17) is 14.2 Å². The zero-order valence-electron chi connectivity index (χ0n) is 20.8. The lowest BCUT2D eigenvalue weighted by atomic mass is 10.1. The molecule has 192 valence electrons. The fraction of sp³-hybridized carbons (Fsp3) is 0.129. The number of rotatable bonds is 11. The predicted molar refractivity (Wildman–Crippen MR) is 150 cm³/mol. The van der Waals surface area contributed by atoms with Crippen molar-refractivity contribution in [1.29, 1.82) is 0 Å². The highest BCUT2D eigenvalue weighted by Crippen LogP contribution is 2.22. The van der Waals surface area contributed by atoms with E-state index in [1.807, 2.05) is 43.3 Å². The Hall–Kier alpha value is -4.23. The largest absolute Gasteiger partial charge is 0.493 e. The van der Waals surface area contributed by atoms with Crippen LogP contribution in [0, 0.1) is 6.92 Å². The molecule has 3 aromatic carbocycles. The lowest BCUT2D eigenvalue weighted by molar-refractivity contribution is 0.0485. The number of aromatic nitrogens is 1. The quantitative estimate of drug-likeness (QED) is 0.0804. The number of aryl methyl sites for hydroxylation is 1. The van der Waals surface area contributed by atoms with Gasteiger partial charge in [0.05, 0.1) is 18.8 Å². The normalized spacial score (nSPS) is 10.8. The van der Waals surface area contributed by atoms with Crippen molar-refractivity contribution in [3.8, 4) is 17.4 Å². The van der Waals surface area contributed by atoms with E-state index < -0.39 is 5.97 Å². The summed E-state index contributed by atoms with van der Waals surface area (Å²) in [6.45, 7) is 2.59. The summed E-state index contributed by atoms with van der Waals surface area (Å²) < 4.78 is 17.7. The Balaban J connectivity index is 1.18. The molecule has 4 aromatic rings. The highest BCUT2D eigenvalue weighted by atomic mass is 79.9. The van der Waals surface area contributed by atoms with Gasteiger partial charge in [0.25, 0.3) is 0 Å². The summed E-state index contributed by atoms with van der Waals surface area (Å²) in [5.74, 6) is 1.01. The highest BCUT2D eigenvalue weighted by molar-refractivity contribution is 9.10. The Morgan fingerprint density at radius 1 is 0.842 bits per heavy atom. The lowest BCUT2D eigenvalue weighted by Gasteiger charge is -2.09. The number of nitrogens with zero attached hydrogens (tertiary/aromatic N) is 1. The second kappa shape index (κ2) is 13.4. The van der Waals surface area contributed by atoms with E-state index in [2.05, 4.69) is 20.9 Å². The first-order valence-corrected chi connectivity index (χ1v) is 12.8. The summed E-state index contributed by atoms with van der Waals surface area (Å²) in [6.07, 6.45) is 5.38. The molecular weight excluding hydrogens is 546 g/mol. The molecule has 6 nitrogen and oxygen atoms in total. The Morgan fingerprint density at radius 3 is 2.29 bits per heavy atom. The molecule has 0 saturated carbocycles. The molecule has 1 heterocycles. The summed E-state index contributed by atoms with van der Waals surface area (Å²) in [7, 11) is 0. The molecule has 0 aliphatic heterocycles. The van der Waals surface area contributed by atoms with E-state index in [0.29, 0.717) is 41.5 Å². The molecule has 0 aliphatic rings. The van der Waals surface area contributed by atoms with Crippen LogP contribution in [0.5, 0.6) is 17.4 Å². The number of ketones is 1. The van der Waals surface area contributed by atoms with Gasteiger partial charge in [-0.2, -0.15) is 0 Å². The molecule has 0 fully saturated rings. The number of allylic oxidation sites excluding steroid dienone is 1. The van der Waals surface area contributed by atoms with Crippen molar-refractivity contribution >= 4 is 33.8 Å². The Morgan fingerprint density at radius 2 is 1.55 bits per heavy atom. The summed E-state index contributed by atoms with van der Waals surface area (Å²) in [4.78, 5) is 28.9. The van der Waals surface area contributed by atoms with E-state index >= 15 is 0 Å². The van der Waals surface area contributed by atoms with Gasteiger partial charge in [-0.15, -0.1) is 0 Å². The molecule has 38 heavy (non-hydrogen) atoms. The van der Waals surface area contributed by atoms with Crippen LogP contribution in [0.4, 0.5) is 0 Å². The van der Waals surface area contributed by atoms with Gasteiger partial charge in [-0.3, -0.25) is 4.79 Å². The van der Waals surface area contributed by atoms with Gasteiger partial charge in [0.15, 0.2) is 5.78 Å². The van der Waals surface area contributed by atoms with Crippen molar-refractivity contribution in [3.05, 3.63) is 124 Å². The molecule has 0 spiro atoms. The van der Waals surface area contributed by atoms with Crippen LogP contribution in [-0.2, 0) is 4.74 Å². The molecule has 1 aromatic heterocycles. The first-order chi connectivity index (χ1) is 18.5. The Bertz CT molecular complexity index is 1400. The number of carbonyl (C=O) groups is 2. The summed E-state index contributed by atoms with van der Waals surface area (Å²) >= 11 is 3.38. The second-order valence-corrected chi connectivity index (χ2v) is 9.32. The minimum absolute atomic E-state index is 0.0782. The number of hydrogen-bond donors (Lipinski definition) is 0. The van der Waals surface area contributed by atoms with E-state index in [-0.39, 0.29) is 12.4 Å². The molecule has 0 atom stereocenters. The SMILES string of the molecule is Cc1ccc(/C=C/C(=O)c2ccc(OCCCOC(=O)c3ccnc(Oc4ccc(Br)cc4)c3)cc2)cc1. The van der Waals surface area contributed by atoms with Crippen molar-refractivity contribution in [1.82, 2.24) is 4.98 Å². The van der Waals surface area contributed by atoms with Gasteiger partial charge in [0.2, 0.25) is 5.88 Å². The van der Waals surface area contributed by atoms with Gasteiger partial charge in [-0.05, 0) is 73.2 Å². The number of halogens is 1. The van der Waals surface area contributed by atoms with E-state index in [1.54, 1.807) is 60.7 Å². The van der Waals surface area contributed by atoms with Crippen LogP contribution < -0.4 is 9.47 Å². The van der Waals surface area contributed by atoms with E-state index in [1.165, 1.54) is 11.8 Å². The minimum atomic E-state index is -0.463. The van der Waals surface area contributed by atoms with Crippen molar-refractivity contribution in [2.75, 3.05) is 13.2 Å². The fourth-order valence-electron chi connectivity index (χ4n) is 3.37. The van der Waals surface area contributed by atoms with Crippen LogP contribution in [0.1, 0.15) is 38.3 Å². The van der Waals surface area contributed by atoms with Crippen molar-refractivity contribution < 1.29 is 23.8 Å². The molecule has 0 aliphatic carbocycles. The van der Waals surface area contributed by atoms with Crippen molar-refractivity contribution in [2.45, 2.75) is 13.3 Å². The first kappa shape index (κ1) is 26.8. The molecule has 0 bridgehead atoms. The van der Waals surface area contributed by atoms with Gasteiger partial charge in [-0.25, -0.2) is 9.78 Å². The number of ether oxygens (including phenoxy) is 3. The maximum absolute atomic E-state index is 12.4. The van der Waals surface area contributed by atoms with Crippen LogP contribution in [0.3, 0.4) is 0 Å². The summed E-state index contributed by atoms with van der Waals surface area (Å²) in [6, 6.07) is 25.4. The van der Waals surface area contributed by atoms with Crippen LogP contribution >= 0.6 is 15.9 Å². The van der Waals surface area contributed by atoms with Gasteiger partial charge in [-0.1, -0.05) is 51.8 Å². The summed E-state index contributed by atoms with van der Waals surface area (Å²) in [5, 5.41) is 0. The van der Waals surface area contributed by atoms with Gasteiger partial charge < -0.3 is 14.2 Å². The molecular formula is C31H26BrNO5. The minimum Gasteiger partial charge on any atom is -0.493 e. The lowest BCUT2D eigenvalue weighted by Crippen LogP contribution is -2.09. The maximum atomic E-state index is 12.4. The topological polar surface area (TPSA) is 74.7 Å². The molecule has 0 saturated heterocycles. The third-order valence-electron chi connectivity index (χ3n) is 5.44. The van der Waals surface area contributed by atoms with Crippen LogP contribution in [0.2, 0.25) is 0 Å². The van der Waals surface area contributed by atoms with Crippen LogP contribution in [-0.4, -0.2) is 30.0 Å². The molecule has 0 amide bonds. The molecule has 0 unspecified atom stereocenters. The zero-order chi connectivity index (χ0) is 26.7. The maximum Gasteiger partial charge on any atom is 0.338 e. The van der Waals surface area contributed by atoms with Crippen molar-refractivity contribution in [3.63, 3.8) is 0 Å². The van der Waals surface area contributed by atoms with Gasteiger partial charge in [0, 0.05) is 28.7 Å². The fourth-order valence-corrected chi connectivity index (χ4v) is 3.64. The van der Waals surface area contributed by atoms with Crippen LogP contribution in [0.15, 0.2) is 102 Å². The molecule has 7 heteroatoms. The van der Waals surface area contributed by atoms with Gasteiger partial charge >= 0.3 is 5.97 Å². The monoisotopic (exact) mass is 571 g/mol. The third-order valence-corrected chi connectivity index (χ3v) is 5.97. The number of benzene rings is 3. The smallest absolute Gasteiger partial charge is 0.338 e. The highest BCUT2D eigenvalue weighted by Gasteiger charge is 2.10. The first-order valence-electron chi connectivity index (χ1n) is 12.0.